The molecule has 0 spiro atoms. The highest BCUT2D eigenvalue weighted by molar-refractivity contribution is 5.05. The van der Waals surface area contributed by atoms with Crippen molar-refractivity contribution in [1.82, 2.24) is 5.16 Å². The second-order valence-electron chi connectivity index (χ2n) is 1.90. The first kappa shape index (κ1) is 6.25. The van der Waals surface area contributed by atoms with E-state index in [9.17, 15) is 0 Å². The fraction of sp³-hybridized carbons (Fsp3) is 0.400. The van der Waals surface area contributed by atoms with Gasteiger partial charge >= 0.3 is 0 Å². The number of aryl methyl sites for hydroxylation is 1. The zero-order chi connectivity index (χ0) is 6.85. The quantitative estimate of drug-likeness (QED) is 0.516. The molecule has 4 nitrogen and oxygen atoms in total. The Labute approximate surface area is 52.8 Å². The van der Waals surface area contributed by atoms with Crippen molar-refractivity contribution in [3.05, 3.63) is 17.5 Å². The summed E-state index contributed by atoms with van der Waals surface area (Å²) in [6.07, 6.45) is -0.550. The summed E-state index contributed by atoms with van der Waals surface area (Å²) in [7, 11) is 0. The minimum atomic E-state index is -0.550. The van der Waals surface area contributed by atoms with Crippen LogP contribution in [0.3, 0.4) is 0 Å². The molecule has 0 aliphatic heterocycles. The van der Waals surface area contributed by atoms with Gasteiger partial charge in [-0.1, -0.05) is 5.16 Å². The number of nitrogens with two attached hydrogens (primary N) is 2. The smallest absolute Gasteiger partial charge is 0.167 e. The first-order chi connectivity index (χ1) is 4.20. The van der Waals surface area contributed by atoms with Crippen LogP contribution in [-0.2, 0) is 0 Å². The highest BCUT2D eigenvalue weighted by Crippen LogP contribution is 2.05. The molecule has 0 radical (unpaired) electrons. The minimum absolute atomic E-state index is 0.521. The van der Waals surface area contributed by atoms with Gasteiger partial charge in [0.2, 0.25) is 0 Å². The third kappa shape index (κ3) is 1.28. The van der Waals surface area contributed by atoms with E-state index in [0.717, 1.165) is 5.69 Å². The van der Waals surface area contributed by atoms with Gasteiger partial charge in [0.05, 0.1) is 5.69 Å². The standard InChI is InChI=1S/C5H9N3O/c1-3-2-4(5(6)7)9-8-3/h2,5H,6-7H2,1H3. The topological polar surface area (TPSA) is 78.1 Å². The molecule has 0 bridgehead atoms. The van der Waals surface area contributed by atoms with Gasteiger partial charge in [-0.15, -0.1) is 0 Å². The van der Waals surface area contributed by atoms with Crippen LogP contribution in [0.25, 0.3) is 0 Å². The highest BCUT2D eigenvalue weighted by Gasteiger charge is 2.03. The van der Waals surface area contributed by atoms with Crippen molar-refractivity contribution in [3.63, 3.8) is 0 Å². The number of nitrogens with zero attached hydrogens (tertiary/aromatic N) is 1. The van der Waals surface area contributed by atoms with Crippen molar-refractivity contribution in [2.24, 2.45) is 11.5 Å². The molecule has 0 saturated heterocycles. The van der Waals surface area contributed by atoms with Gasteiger partial charge in [0, 0.05) is 6.07 Å². The molecule has 0 aromatic carbocycles. The molecule has 1 rings (SSSR count). The summed E-state index contributed by atoms with van der Waals surface area (Å²) in [5.74, 6) is 0.521. The summed E-state index contributed by atoms with van der Waals surface area (Å²) in [4.78, 5) is 0. The van der Waals surface area contributed by atoms with Gasteiger partial charge in [-0.05, 0) is 6.92 Å². The molecule has 0 unspecified atom stereocenters. The van der Waals surface area contributed by atoms with Crippen molar-refractivity contribution in [3.8, 4) is 0 Å². The molecule has 0 saturated carbocycles. The fourth-order valence-corrected chi connectivity index (χ4v) is 0.540. The van der Waals surface area contributed by atoms with Gasteiger partial charge in [-0.25, -0.2) is 0 Å². The Balaban J connectivity index is 2.85. The molecule has 50 valence electrons. The van der Waals surface area contributed by atoms with E-state index in [1.54, 1.807) is 6.07 Å². The molecule has 0 aliphatic carbocycles. The average Bonchev–Trinajstić information content (AvgIpc) is 2.14. The zero-order valence-corrected chi connectivity index (χ0v) is 5.16. The Bertz CT molecular complexity index is 194. The maximum Gasteiger partial charge on any atom is 0.167 e. The Kier molecular flexibility index (Phi) is 1.50. The Morgan fingerprint density at radius 3 is 2.56 bits per heavy atom. The third-order valence-corrected chi connectivity index (χ3v) is 0.975. The van der Waals surface area contributed by atoms with Gasteiger partial charge in [0.1, 0.15) is 6.17 Å². The van der Waals surface area contributed by atoms with Crippen LogP contribution in [0, 0.1) is 6.92 Å². The van der Waals surface area contributed by atoms with E-state index in [-0.39, 0.29) is 0 Å². The molecule has 0 aliphatic rings. The summed E-state index contributed by atoms with van der Waals surface area (Å²) in [5, 5.41) is 3.60. The molecule has 1 heterocycles. The van der Waals surface area contributed by atoms with Gasteiger partial charge < -0.3 is 16.0 Å². The van der Waals surface area contributed by atoms with E-state index in [1.807, 2.05) is 6.92 Å². The van der Waals surface area contributed by atoms with Crippen LogP contribution in [0.1, 0.15) is 17.6 Å². The number of hydrogen-bond acceptors (Lipinski definition) is 4. The lowest BCUT2D eigenvalue weighted by Gasteiger charge is -1.94. The van der Waals surface area contributed by atoms with Crippen LogP contribution in [0.15, 0.2) is 10.6 Å². The summed E-state index contributed by atoms with van der Waals surface area (Å²) in [5.41, 5.74) is 11.3. The Morgan fingerprint density at radius 2 is 2.33 bits per heavy atom. The van der Waals surface area contributed by atoms with Gasteiger partial charge in [-0.2, -0.15) is 0 Å². The minimum Gasteiger partial charge on any atom is -0.358 e. The summed E-state index contributed by atoms with van der Waals surface area (Å²) in [6, 6.07) is 1.71. The highest BCUT2D eigenvalue weighted by atomic mass is 16.5. The van der Waals surface area contributed by atoms with E-state index in [1.165, 1.54) is 0 Å². The van der Waals surface area contributed by atoms with Gasteiger partial charge in [0.25, 0.3) is 0 Å². The monoisotopic (exact) mass is 127 g/mol. The van der Waals surface area contributed by atoms with Crippen LogP contribution in [0.4, 0.5) is 0 Å². The van der Waals surface area contributed by atoms with Crippen LogP contribution < -0.4 is 11.5 Å². The lowest BCUT2D eigenvalue weighted by Crippen LogP contribution is -2.19. The SMILES string of the molecule is Cc1cc(C(N)N)on1. The van der Waals surface area contributed by atoms with E-state index >= 15 is 0 Å². The lowest BCUT2D eigenvalue weighted by atomic mass is 10.3. The number of aromatic nitrogens is 1. The normalized spacial score (nSPS) is 10.7. The lowest BCUT2D eigenvalue weighted by molar-refractivity contribution is 0.360. The molecule has 0 atom stereocenters. The summed E-state index contributed by atoms with van der Waals surface area (Å²) in [6.45, 7) is 1.81. The van der Waals surface area contributed by atoms with E-state index < -0.39 is 6.17 Å². The van der Waals surface area contributed by atoms with E-state index in [4.69, 9.17) is 16.0 Å². The molecule has 1 aromatic heterocycles. The maximum atomic E-state index is 5.27. The van der Waals surface area contributed by atoms with Crippen molar-refractivity contribution >= 4 is 0 Å². The molecule has 4 N–H and O–H groups in total. The van der Waals surface area contributed by atoms with Gasteiger partial charge in [-0.3, -0.25) is 0 Å². The van der Waals surface area contributed by atoms with Crippen LogP contribution >= 0.6 is 0 Å². The molecular formula is C5H9N3O. The predicted molar refractivity (Wildman–Crippen MR) is 32.4 cm³/mol. The van der Waals surface area contributed by atoms with Crippen LogP contribution in [0.2, 0.25) is 0 Å². The largest absolute Gasteiger partial charge is 0.358 e. The molecule has 0 amide bonds. The second-order valence-corrected chi connectivity index (χ2v) is 1.90. The first-order valence-corrected chi connectivity index (χ1v) is 2.64. The zero-order valence-electron chi connectivity index (χ0n) is 5.16. The molecule has 0 fully saturated rings. The molecule has 4 heteroatoms. The van der Waals surface area contributed by atoms with Crippen molar-refractivity contribution in [2.75, 3.05) is 0 Å². The molecular weight excluding hydrogens is 118 g/mol. The van der Waals surface area contributed by atoms with Crippen molar-refractivity contribution in [2.45, 2.75) is 13.1 Å². The first-order valence-electron chi connectivity index (χ1n) is 2.64. The van der Waals surface area contributed by atoms with Crippen LogP contribution in [-0.4, -0.2) is 5.16 Å². The Hall–Kier alpha value is -0.870. The predicted octanol–water partition coefficient (Wildman–Crippen LogP) is -0.101. The number of hydrogen-bond donors (Lipinski definition) is 2. The second kappa shape index (κ2) is 2.16. The molecule has 1 aromatic rings. The maximum absolute atomic E-state index is 5.27. The third-order valence-electron chi connectivity index (χ3n) is 0.975. The van der Waals surface area contributed by atoms with Crippen molar-refractivity contribution < 1.29 is 4.52 Å². The Morgan fingerprint density at radius 1 is 1.67 bits per heavy atom. The molecule has 9 heavy (non-hydrogen) atoms. The summed E-state index contributed by atoms with van der Waals surface area (Å²) >= 11 is 0. The van der Waals surface area contributed by atoms with Crippen LogP contribution in [0.5, 0.6) is 0 Å². The summed E-state index contributed by atoms with van der Waals surface area (Å²) < 4.78 is 4.73. The van der Waals surface area contributed by atoms with Gasteiger partial charge in [0.15, 0.2) is 5.76 Å². The average molecular weight is 127 g/mol. The number of rotatable bonds is 1. The van der Waals surface area contributed by atoms with Crippen molar-refractivity contribution in [1.29, 1.82) is 0 Å². The van der Waals surface area contributed by atoms with E-state index in [0.29, 0.717) is 5.76 Å². The van der Waals surface area contributed by atoms with E-state index in [2.05, 4.69) is 5.16 Å². The fourth-order valence-electron chi connectivity index (χ4n) is 0.540.